The van der Waals surface area contributed by atoms with Crippen LogP contribution >= 0.6 is 15.9 Å². The molecule has 122 valence electrons. The number of halogens is 1. The largest absolute Gasteiger partial charge is 0.455 e. The molecule has 0 radical (unpaired) electrons. The maximum absolute atomic E-state index is 6.37. The first kappa shape index (κ1) is 14.3. The van der Waals surface area contributed by atoms with Crippen molar-refractivity contribution in [2.45, 2.75) is 0 Å². The number of hydrogen-bond donors (Lipinski definition) is 0. The van der Waals surface area contributed by atoms with Crippen LogP contribution < -0.4 is 0 Å². The van der Waals surface area contributed by atoms with Crippen molar-refractivity contribution >= 4 is 70.2 Å². The highest BCUT2D eigenvalue weighted by Crippen LogP contribution is 2.44. The normalized spacial score (nSPS) is 12.0. The minimum absolute atomic E-state index is 0.924. The molecular formula is C24H13BrO. The third-order valence-corrected chi connectivity index (χ3v) is 5.93. The Kier molecular flexibility index (Phi) is 2.81. The lowest BCUT2D eigenvalue weighted by atomic mass is 9.93. The van der Waals surface area contributed by atoms with Gasteiger partial charge in [-0.1, -0.05) is 66.7 Å². The van der Waals surface area contributed by atoms with Gasteiger partial charge >= 0.3 is 0 Å². The molecule has 0 aliphatic heterocycles. The number of fused-ring (bicyclic) bond motifs is 10. The Morgan fingerprint density at radius 1 is 0.538 bits per heavy atom. The van der Waals surface area contributed by atoms with Gasteiger partial charge in [0.2, 0.25) is 0 Å². The Bertz CT molecular complexity index is 1490. The number of rotatable bonds is 0. The average molecular weight is 397 g/mol. The summed E-state index contributed by atoms with van der Waals surface area (Å²) in [5, 5.41) is 9.73. The van der Waals surface area contributed by atoms with E-state index in [1.807, 2.05) is 12.1 Å². The second-order valence-corrected chi connectivity index (χ2v) is 7.53. The summed E-state index contributed by atoms with van der Waals surface area (Å²) < 4.78 is 7.45. The molecule has 6 aromatic rings. The molecule has 1 nitrogen and oxygen atoms in total. The predicted octanol–water partition coefficient (Wildman–Crippen LogP) is 7.81. The van der Waals surface area contributed by atoms with Crippen LogP contribution in [0.5, 0.6) is 0 Å². The van der Waals surface area contributed by atoms with Gasteiger partial charge < -0.3 is 4.42 Å². The topological polar surface area (TPSA) is 13.1 Å². The summed E-state index contributed by atoms with van der Waals surface area (Å²) in [6, 6.07) is 27.7. The summed E-state index contributed by atoms with van der Waals surface area (Å²) in [5.74, 6) is 0. The first-order valence-electron chi connectivity index (χ1n) is 8.66. The summed E-state index contributed by atoms with van der Waals surface area (Å²) in [7, 11) is 0. The van der Waals surface area contributed by atoms with Crippen LogP contribution in [-0.4, -0.2) is 0 Å². The van der Waals surface area contributed by atoms with E-state index >= 15 is 0 Å². The lowest BCUT2D eigenvalue weighted by Gasteiger charge is -2.11. The summed E-state index contributed by atoms with van der Waals surface area (Å²) in [6.45, 7) is 0. The molecule has 1 heterocycles. The van der Waals surface area contributed by atoms with Crippen molar-refractivity contribution in [1.82, 2.24) is 0 Å². The highest BCUT2D eigenvalue weighted by Gasteiger charge is 2.17. The van der Waals surface area contributed by atoms with Gasteiger partial charge in [0, 0.05) is 20.6 Å². The maximum atomic E-state index is 6.37. The molecule has 0 atom stereocenters. The van der Waals surface area contributed by atoms with Crippen molar-refractivity contribution < 1.29 is 4.42 Å². The van der Waals surface area contributed by atoms with E-state index < -0.39 is 0 Å². The molecule has 0 fully saturated rings. The number of hydrogen-bond acceptors (Lipinski definition) is 1. The van der Waals surface area contributed by atoms with Crippen LogP contribution in [0.4, 0.5) is 0 Å². The Morgan fingerprint density at radius 3 is 1.81 bits per heavy atom. The van der Waals surface area contributed by atoms with E-state index in [-0.39, 0.29) is 0 Å². The standard InChI is InChI=1S/C24H13BrO/c25-20-13-19-16-9-2-1-7-14(16)15-8-3-4-10-17(15)22(19)24-23(20)18-11-5-6-12-21(18)26-24/h1-13H. The molecule has 0 N–H and O–H groups in total. The molecule has 0 saturated carbocycles. The van der Waals surface area contributed by atoms with Crippen molar-refractivity contribution in [3.05, 3.63) is 83.3 Å². The third-order valence-electron chi connectivity index (χ3n) is 5.31. The Morgan fingerprint density at radius 2 is 1.08 bits per heavy atom. The van der Waals surface area contributed by atoms with Gasteiger partial charge in [-0.05, 0) is 55.0 Å². The van der Waals surface area contributed by atoms with Gasteiger partial charge in [0.05, 0.1) is 0 Å². The molecule has 26 heavy (non-hydrogen) atoms. The molecule has 6 rings (SSSR count). The third kappa shape index (κ3) is 1.75. The highest BCUT2D eigenvalue weighted by atomic mass is 79.9. The van der Waals surface area contributed by atoms with Crippen LogP contribution in [0.1, 0.15) is 0 Å². The number of para-hydroxylation sites is 1. The van der Waals surface area contributed by atoms with Crippen LogP contribution in [0.3, 0.4) is 0 Å². The van der Waals surface area contributed by atoms with Crippen LogP contribution in [0.25, 0.3) is 54.3 Å². The van der Waals surface area contributed by atoms with Gasteiger partial charge in [0.25, 0.3) is 0 Å². The minimum atomic E-state index is 0.924. The number of benzene rings is 5. The zero-order valence-electron chi connectivity index (χ0n) is 13.8. The van der Waals surface area contributed by atoms with Crippen molar-refractivity contribution in [1.29, 1.82) is 0 Å². The minimum Gasteiger partial charge on any atom is -0.455 e. The fraction of sp³-hybridized carbons (Fsp3) is 0. The van der Waals surface area contributed by atoms with Gasteiger partial charge in [-0.15, -0.1) is 0 Å². The molecule has 0 amide bonds. The lowest BCUT2D eigenvalue weighted by Crippen LogP contribution is -1.84. The summed E-state index contributed by atoms with van der Waals surface area (Å²) in [4.78, 5) is 0. The van der Waals surface area contributed by atoms with Gasteiger partial charge in [0.15, 0.2) is 0 Å². The van der Waals surface area contributed by atoms with E-state index in [1.54, 1.807) is 0 Å². The summed E-state index contributed by atoms with van der Waals surface area (Å²) in [6.07, 6.45) is 0. The fourth-order valence-corrected chi connectivity index (χ4v) is 4.84. The van der Waals surface area contributed by atoms with E-state index in [0.29, 0.717) is 0 Å². The van der Waals surface area contributed by atoms with Gasteiger partial charge in [0.1, 0.15) is 11.2 Å². The Hall–Kier alpha value is -2.84. The maximum Gasteiger partial charge on any atom is 0.145 e. The quantitative estimate of drug-likeness (QED) is 0.238. The molecule has 1 aromatic heterocycles. The highest BCUT2D eigenvalue weighted by molar-refractivity contribution is 9.10. The van der Waals surface area contributed by atoms with E-state index in [4.69, 9.17) is 4.42 Å². The van der Waals surface area contributed by atoms with E-state index in [2.05, 4.69) is 82.7 Å². The molecule has 0 unspecified atom stereocenters. The van der Waals surface area contributed by atoms with Crippen LogP contribution in [0.15, 0.2) is 87.8 Å². The van der Waals surface area contributed by atoms with E-state index in [1.165, 1.54) is 32.3 Å². The molecule has 5 aromatic carbocycles. The molecule has 0 bridgehead atoms. The zero-order chi connectivity index (χ0) is 17.3. The average Bonchev–Trinajstić information content (AvgIpc) is 3.08. The van der Waals surface area contributed by atoms with Crippen molar-refractivity contribution in [3.8, 4) is 0 Å². The van der Waals surface area contributed by atoms with Gasteiger partial charge in [-0.25, -0.2) is 0 Å². The SMILES string of the molecule is Brc1cc2c3ccccc3c3ccccc3c2c2oc3ccccc3c12. The Balaban J connectivity index is 2.04. The molecule has 0 aliphatic rings. The molecule has 0 saturated heterocycles. The van der Waals surface area contributed by atoms with E-state index in [9.17, 15) is 0 Å². The fourth-order valence-electron chi connectivity index (χ4n) is 4.22. The molecule has 2 heteroatoms. The van der Waals surface area contributed by atoms with Crippen LogP contribution in [-0.2, 0) is 0 Å². The first-order chi connectivity index (χ1) is 12.8. The van der Waals surface area contributed by atoms with Crippen molar-refractivity contribution in [2.24, 2.45) is 0 Å². The van der Waals surface area contributed by atoms with Crippen LogP contribution in [0, 0.1) is 0 Å². The summed E-state index contributed by atoms with van der Waals surface area (Å²) >= 11 is 3.81. The predicted molar refractivity (Wildman–Crippen MR) is 114 cm³/mol. The monoisotopic (exact) mass is 396 g/mol. The van der Waals surface area contributed by atoms with E-state index in [0.717, 1.165) is 26.4 Å². The Labute approximate surface area is 158 Å². The molecular weight excluding hydrogens is 384 g/mol. The van der Waals surface area contributed by atoms with Gasteiger partial charge in [-0.2, -0.15) is 0 Å². The molecule has 0 aliphatic carbocycles. The molecule has 0 spiro atoms. The summed E-state index contributed by atoms with van der Waals surface area (Å²) in [5.41, 5.74) is 1.88. The lowest BCUT2D eigenvalue weighted by molar-refractivity contribution is 0.673. The van der Waals surface area contributed by atoms with Gasteiger partial charge in [-0.3, -0.25) is 0 Å². The second-order valence-electron chi connectivity index (χ2n) is 6.67. The smallest absolute Gasteiger partial charge is 0.145 e. The van der Waals surface area contributed by atoms with Crippen molar-refractivity contribution in [3.63, 3.8) is 0 Å². The van der Waals surface area contributed by atoms with Crippen molar-refractivity contribution in [2.75, 3.05) is 0 Å². The zero-order valence-corrected chi connectivity index (χ0v) is 15.4. The second kappa shape index (κ2) is 5.09. The van der Waals surface area contributed by atoms with Crippen LogP contribution in [0.2, 0.25) is 0 Å². The first-order valence-corrected chi connectivity index (χ1v) is 9.45. The number of furan rings is 1.